The third-order valence-corrected chi connectivity index (χ3v) is 5.61. The molecule has 0 aliphatic heterocycles. The van der Waals surface area contributed by atoms with Crippen LogP contribution in [0.5, 0.6) is 0 Å². The Labute approximate surface area is 115 Å². The first-order valence-corrected chi connectivity index (χ1v) is 7.21. The van der Waals surface area contributed by atoms with Crippen molar-refractivity contribution in [2.75, 3.05) is 0 Å². The van der Waals surface area contributed by atoms with Gasteiger partial charge in [-0.05, 0) is 31.6 Å². The molecule has 0 heterocycles. The Bertz CT molecular complexity index is 374. The zero-order valence-electron chi connectivity index (χ0n) is 9.75. The van der Waals surface area contributed by atoms with Gasteiger partial charge in [0.05, 0.1) is 5.60 Å². The predicted molar refractivity (Wildman–Crippen MR) is 71.9 cm³/mol. The van der Waals surface area contributed by atoms with Crippen molar-refractivity contribution in [2.45, 2.75) is 53.1 Å². The van der Waals surface area contributed by atoms with Crippen molar-refractivity contribution in [1.82, 2.24) is 0 Å². The Morgan fingerprint density at radius 3 is 2.71 bits per heavy atom. The fourth-order valence-corrected chi connectivity index (χ4v) is 6.58. The second-order valence-electron chi connectivity index (χ2n) is 6.19. The number of esters is 1. The maximum absolute atomic E-state index is 11.5. The fraction of sp³-hybridized carbons (Fsp3) is 0.769. The van der Waals surface area contributed by atoms with E-state index in [0.29, 0.717) is 12.3 Å². The smallest absolute Gasteiger partial charge is 0.330 e. The zero-order chi connectivity index (χ0) is 12.3. The number of halogens is 1. The summed E-state index contributed by atoms with van der Waals surface area (Å²) in [6.45, 7) is 3.45. The number of hydrogen-bond donors (Lipinski definition) is 1. The summed E-state index contributed by atoms with van der Waals surface area (Å²) in [7, 11) is 0. The van der Waals surface area contributed by atoms with Gasteiger partial charge in [-0.1, -0.05) is 29.2 Å². The number of rotatable bonds is 2. The molecule has 4 aliphatic carbocycles. The van der Waals surface area contributed by atoms with E-state index in [0.717, 1.165) is 32.1 Å². The highest BCUT2D eigenvalue weighted by Crippen LogP contribution is 2.63. The predicted octanol–water partition coefficient (Wildman–Crippen LogP) is 2.36. The first-order valence-electron chi connectivity index (χ1n) is 6.13. The van der Waals surface area contributed by atoms with Crippen molar-refractivity contribution in [3.63, 3.8) is 0 Å². The Balaban J connectivity index is 1.92. The second-order valence-corrected chi connectivity index (χ2v) is 8.48. The first kappa shape index (κ1) is 12.0. The van der Waals surface area contributed by atoms with Gasteiger partial charge in [-0.15, -0.1) is 0 Å². The summed E-state index contributed by atoms with van der Waals surface area (Å²) in [6.07, 6.45) is 6.53. The summed E-state index contributed by atoms with van der Waals surface area (Å²) in [5, 5.41) is 10.6. The lowest BCUT2D eigenvalue weighted by Crippen LogP contribution is -2.65. The summed E-state index contributed by atoms with van der Waals surface area (Å²) >= 11 is 2.47. The van der Waals surface area contributed by atoms with Gasteiger partial charge in [-0.3, -0.25) is 0 Å². The molecular formula is C13H17IO3. The third-order valence-electron chi connectivity index (χ3n) is 4.40. The van der Waals surface area contributed by atoms with E-state index >= 15 is 0 Å². The van der Waals surface area contributed by atoms with Crippen molar-refractivity contribution >= 4 is 28.6 Å². The van der Waals surface area contributed by atoms with Crippen LogP contribution in [0.2, 0.25) is 0 Å². The van der Waals surface area contributed by atoms with Gasteiger partial charge in [0.25, 0.3) is 0 Å². The molecule has 4 saturated carbocycles. The molecule has 0 radical (unpaired) electrons. The van der Waals surface area contributed by atoms with Crippen molar-refractivity contribution in [3.8, 4) is 0 Å². The minimum Gasteiger partial charge on any atom is -0.456 e. The van der Waals surface area contributed by atoms with Gasteiger partial charge < -0.3 is 9.84 Å². The van der Waals surface area contributed by atoms with Gasteiger partial charge in [-0.25, -0.2) is 4.79 Å². The molecule has 0 amide bonds. The quantitative estimate of drug-likeness (QED) is 0.361. The third kappa shape index (κ3) is 1.93. The van der Waals surface area contributed by atoms with E-state index in [1.54, 1.807) is 0 Å². The molecule has 4 atom stereocenters. The molecule has 4 fully saturated rings. The van der Waals surface area contributed by atoms with Crippen LogP contribution in [0, 0.1) is 5.92 Å². The van der Waals surface area contributed by atoms with E-state index in [-0.39, 0.29) is 9.39 Å². The largest absolute Gasteiger partial charge is 0.456 e. The van der Waals surface area contributed by atoms with Crippen LogP contribution in [0.4, 0.5) is 0 Å². The second kappa shape index (κ2) is 3.47. The normalized spacial score (nSPS) is 51.3. The molecule has 1 N–H and O–H groups in total. The Morgan fingerprint density at radius 1 is 1.35 bits per heavy atom. The monoisotopic (exact) mass is 348 g/mol. The molecule has 0 aromatic carbocycles. The van der Waals surface area contributed by atoms with Crippen molar-refractivity contribution < 1.29 is 14.6 Å². The van der Waals surface area contributed by atoms with Crippen LogP contribution >= 0.6 is 22.6 Å². The number of aliphatic hydroxyl groups is 1. The van der Waals surface area contributed by atoms with E-state index in [1.165, 1.54) is 6.08 Å². The Hall–Kier alpha value is -0.100. The van der Waals surface area contributed by atoms with E-state index < -0.39 is 11.2 Å². The fourth-order valence-electron chi connectivity index (χ4n) is 4.55. The maximum Gasteiger partial charge on any atom is 0.330 e. The number of carbonyl (C=O) groups is 1. The topological polar surface area (TPSA) is 46.5 Å². The lowest BCUT2D eigenvalue weighted by atomic mass is 9.52. The molecule has 0 spiro atoms. The molecule has 4 aliphatic rings. The lowest BCUT2D eigenvalue weighted by Gasteiger charge is -2.62. The van der Waals surface area contributed by atoms with Crippen LogP contribution < -0.4 is 0 Å². The van der Waals surface area contributed by atoms with Crippen LogP contribution in [0.15, 0.2) is 12.7 Å². The molecule has 0 aromatic rings. The van der Waals surface area contributed by atoms with Crippen LogP contribution in [0.1, 0.15) is 38.5 Å². The van der Waals surface area contributed by atoms with Crippen molar-refractivity contribution in [2.24, 2.45) is 5.92 Å². The number of ether oxygens (including phenoxy) is 1. The average molecular weight is 348 g/mol. The summed E-state index contributed by atoms with van der Waals surface area (Å²) < 4.78 is 5.73. The molecule has 4 bridgehead atoms. The molecule has 17 heavy (non-hydrogen) atoms. The van der Waals surface area contributed by atoms with Crippen LogP contribution in [0.25, 0.3) is 0 Å². The lowest BCUT2D eigenvalue weighted by molar-refractivity contribution is -0.208. The van der Waals surface area contributed by atoms with E-state index in [9.17, 15) is 9.90 Å². The van der Waals surface area contributed by atoms with Gasteiger partial charge in [0.1, 0.15) is 5.60 Å². The van der Waals surface area contributed by atoms with Crippen molar-refractivity contribution in [1.29, 1.82) is 0 Å². The first-order chi connectivity index (χ1) is 7.86. The van der Waals surface area contributed by atoms with Crippen molar-refractivity contribution in [3.05, 3.63) is 12.7 Å². The SMILES string of the molecule is C=CC(=O)OC12CC3CC(O)(CC(I)(C3)C1)C2. The molecule has 4 unspecified atom stereocenters. The average Bonchev–Trinajstić information content (AvgIpc) is 2.10. The minimum atomic E-state index is -0.609. The van der Waals surface area contributed by atoms with Crippen LogP contribution in [0.3, 0.4) is 0 Å². The standard InChI is InChI=1S/C13H17IO3/c1-2-10(15)17-13-5-9-3-11(14,7-13)6-12(16,4-9)8-13/h2,9,16H,1,3-8H2. The number of carbonyl (C=O) groups excluding carboxylic acids is 1. The van der Waals surface area contributed by atoms with E-state index in [1.807, 2.05) is 0 Å². The van der Waals surface area contributed by atoms with Gasteiger partial charge in [0, 0.05) is 22.3 Å². The highest BCUT2D eigenvalue weighted by Gasteiger charge is 2.63. The van der Waals surface area contributed by atoms with E-state index in [2.05, 4.69) is 29.2 Å². The summed E-state index contributed by atoms with van der Waals surface area (Å²) in [4.78, 5) is 11.5. The van der Waals surface area contributed by atoms with Gasteiger partial charge in [0.2, 0.25) is 0 Å². The summed E-state index contributed by atoms with van der Waals surface area (Å²) in [5.74, 6) is 0.154. The molecule has 4 rings (SSSR count). The molecule has 0 aromatic heterocycles. The summed E-state index contributed by atoms with van der Waals surface area (Å²) in [5.41, 5.74) is -1.04. The maximum atomic E-state index is 11.5. The molecule has 0 saturated heterocycles. The molecular weight excluding hydrogens is 331 g/mol. The van der Waals surface area contributed by atoms with Crippen LogP contribution in [-0.4, -0.2) is 25.7 Å². The highest BCUT2D eigenvalue weighted by molar-refractivity contribution is 14.1. The Kier molecular flexibility index (Phi) is 2.44. The van der Waals surface area contributed by atoms with Crippen LogP contribution in [-0.2, 0) is 9.53 Å². The summed E-state index contributed by atoms with van der Waals surface area (Å²) in [6, 6.07) is 0. The number of alkyl halides is 1. The van der Waals surface area contributed by atoms with E-state index in [4.69, 9.17) is 4.74 Å². The minimum absolute atomic E-state index is 0.118. The van der Waals surface area contributed by atoms with Gasteiger partial charge in [0.15, 0.2) is 0 Å². The zero-order valence-corrected chi connectivity index (χ0v) is 11.9. The Morgan fingerprint density at radius 2 is 2.12 bits per heavy atom. The number of hydrogen-bond acceptors (Lipinski definition) is 3. The molecule has 3 nitrogen and oxygen atoms in total. The van der Waals surface area contributed by atoms with Gasteiger partial charge in [-0.2, -0.15) is 0 Å². The van der Waals surface area contributed by atoms with Gasteiger partial charge >= 0.3 is 5.97 Å². The molecule has 94 valence electrons. The molecule has 4 heteroatoms. The highest BCUT2D eigenvalue weighted by atomic mass is 127.